The van der Waals surface area contributed by atoms with Crippen LogP contribution in [0.4, 0.5) is 11.4 Å². The maximum atomic E-state index is 13.2. The number of nitrogens with one attached hydrogen (secondary N) is 3. The van der Waals surface area contributed by atoms with E-state index in [0.29, 0.717) is 39.7 Å². The van der Waals surface area contributed by atoms with E-state index in [1.807, 2.05) is 35.3 Å². The highest BCUT2D eigenvalue weighted by atomic mass is 16.2. The number of H-pyrrole nitrogens is 1. The summed E-state index contributed by atoms with van der Waals surface area (Å²) < 4.78 is 3.60. The minimum absolute atomic E-state index is 0.264. The molecule has 3 N–H and O–H groups in total. The second-order valence-electron chi connectivity index (χ2n) is 10.5. The van der Waals surface area contributed by atoms with Crippen molar-refractivity contribution >= 4 is 39.7 Å². The van der Waals surface area contributed by atoms with Crippen molar-refractivity contribution in [2.24, 2.45) is 0 Å². The number of hydrogen-bond donors (Lipinski definition) is 3. The average Bonchev–Trinajstić information content (AvgIpc) is 3.76. The number of fused-ring (bicyclic) bond motifs is 2. The molecule has 7 heterocycles. The highest BCUT2D eigenvalue weighted by Gasteiger charge is 2.20. The Kier molecular flexibility index (Phi) is 6.44. The van der Waals surface area contributed by atoms with E-state index in [1.54, 1.807) is 53.8 Å². The van der Waals surface area contributed by atoms with Gasteiger partial charge in [0.15, 0.2) is 0 Å². The van der Waals surface area contributed by atoms with Gasteiger partial charge in [-0.2, -0.15) is 10.2 Å². The zero-order chi connectivity index (χ0) is 28.6. The average molecular weight is 561 g/mol. The van der Waals surface area contributed by atoms with Gasteiger partial charge in [0, 0.05) is 41.9 Å². The lowest BCUT2D eigenvalue weighted by atomic mass is 10.0. The number of anilines is 2. The van der Waals surface area contributed by atoms with Gasteiger partial charge in [-0.1, -0.05) is 0 Å². The molecule has 12 nitrogen and oxygen atoms in total. The van der Waals surface area contributed by atoms with E-state index < -0.39 is 0 Å². The Balaban J connectivity index is 1.14. The third-order valence-corrected chi connectivity index (χ3v) is 7.71. The Hall–Kier alpha value is -5.36. The van der Waals surface area contributed by atoms with Gasteiger partial charge in [-0.15, -0.1) is 0 Å². The molecule has 210 valence electrons. The largest absolute Gasteiger partial charge is 0.346 e. The van der Waals surface area contributed by atoms with E-state index >= 15 is 0 Å². The number of amides is 2. The fourth-order valence-electron chi connectivity index (χ4n) is 5.39. The van der Waals surface area contributed by atoms with Crippen LogP contribution in [0.2, 0.25) is 0 Å². The minimum atomic E-state index is -0.283. The van der Waals surface area contributed by atoms with Gasteiger partial charge in [0.25, 0.3) is 11.8 Å². The predicted molar refractivity (Wildman–Crippen MR) is 158 cm³/mol. The molecule has 1 saturated heterocycles. The molecule has 1 fully saturated rings. The lowest BCUT2D eigenvalue weighted by Crippen LogP contribution is -2.31. The number of pyridine rings is 3. The summed E-state index contributed by atoms with van der Waals surface area (Å²) in [6, 6.07) is 9.50. The van der Waals surface area contributed by atoms with Crippen molar-refractivity contribution in [1.82, 2.24) is 39.2 Å². The van der Waals surface area contributed by atoms with Gasteiger partial charge in [0.1, 0.15) is 5.65 Å². The van der Waals surface area contributed by atoms with E-state index in [9.17, 15) is 9.59 Å². The lowest BCUT2D eigenvalue weighted by molar-refractivity contribution is 0.101. The molecule has 0 spiro atoms. The van der Waals surface area contributed by atoms with Crippen LogP contribution < -0.4 is 10.6 Å². The van der Waals surface area contributed by atoms with Crippen molar-refractivity contribution in [3.05, 3.63) is 91.0 Å². The molecular formula is C30H28N10O2. The van der Waals surface area contributed by atoms with Crippen LogP contribution in [0.1, 0.15) is 39.6 Å². The molecular weight excluding hydrogens is 532 g/mol. The van der Waals surface area contributed by atoms with Crippen molar-refractivity contribution in [3.63, 3.8) is 0 Å². The Morgan fingerprint density at radius 3 is 2.67 bits per heavy atom. The quantitative estimate of drug-likeness (QED) is 0.277. The summed E-state index contributed by atoms with van der Waals surface area (Å²) in [5.74, 6) is -0.547. The van der Waals surface area contributed by atoms with Crippen LogP contribution in [0.5, 0.6) is 0 Å². The molecule has 0 aromatic carbocycles. The van der Waals surface area contributed by atoms with Crippen molar-refractivity contribution in [2.75, 3.05) is 30.8 Å². The van der Waals surface area contributed by atoms with Gasteiger partial charge in [0.05, 0.1) is 52.7 Å². The molecule has 0 unspecified atom stereocenters. The number of carbonyl (C=O) groups excluding carboxylic acids is 2. The van der Waals surface area contributed by atoms with Crippen LogP contribution >= 0.6 is 0 Å². The molecule has 0 aliphatic carbocycles. The zero-order valence-electron chi connectivity index (χ0n) is 22.9. The summed E-state index contributed by atoms with van der Waals surface area (Å²) in [4.78, 5) is 40.3. The zero-order valence-corrected chi connectivity index (χ0v) is 22.9. The highest BCUT2D eigenvalue weighted by molar-refractivity contribution is 6.10. The van der Waals surface area contributed by atoms with Gasteiger partial charge in [-0.3, -0.25) is 19.3 Å². The first-order valence-electron chi connectivity index (χ1n) is 13.7. The molecule has 42 heavy (non-hydrogen) atoms. The summed E-state index contributed by atoms with van der Waals surface area (Å²) in [5, 5.41) is 15.4. The van der Waals surface area contributed by atoms with E-state index in [0.717, 1.165) is 42.4 Å². The summed E-state index contributed by atoms with van der Waals surface area (Å²) in [5.41, 5.74) is 5.11. The Labute approximate surface area is 240 Å². The topological polar surface area (TPSA) is 138 Å². The molecule has 6 aromatic rings. The van der Waals surface area contributed by atoms with E-state index in [2.05, 4.69) is 47.7 Å². The van der Waals surface area contributed by atoms with Crippen LogP contribution in [0, 0.1) is 0 Å². The molecule has 2 amide bonds. The number of rotatable bonds is 6. The van der Waals surface area contributed by atoms with Crippen LogP contribution in [0.25, 0.3) is 27.7 Å². The number of likely N-dealkylation sites (tertiary alicyclic amines) is 1. The summed E-state index contributed by atoms with van der Waals surface area (Å²) >= 11 is 0. The number of nitrogens with zero attached hydrogens (tertiary/aromatic N) is 7. The first kappa shape index (κ1) is 25.6. The molecule has 6 aromatic heterocycles. The second kappa shape index (κ2) is 10.6. The number of carbonyl (C=O) groups is 2. The molecule has 12 heteroatoms. The number of aromatic amines is 1. The van der Waals surface area contributed by atoms with Gasteiger partial charge in [-0.25, -0.2) is 9.50 Å². The lowest BCUT2D eigenvalue weighted by Gasteiger charge is -2.28. The second-order valence-corrected chi connectivity index (χ2v) is 10.5. The third kappa shape index (κ3) is 4.88. The molecule has 7 rings (SSSR count). The van der Waals surface area contributed by atoms with Crippen LogP contribution in [-0.4, -0.2) is 71.2 Å². The van der Waals surface area contributed by atoms with Crippen LogP contribution in [-0.2, 0) is 0 Å². The fraction of sp³-hybridized carbons (Fsp3) is 0.200. The fourth-order valence-corrected chi connectivity index (χ4v) is 5.39. The summed E-state index contributed by atoms with van der Waals surface area (Å²) in [6.45, 7) is 2.07. The number of piperidine rings is 1. The van der Waals surface area contributed by atoms with Crippen molar-refractivity contribution in [2.45, 2.75) is 18.9 Å². The van der Waals surface area contributed by atoms with Crippen LogP contribution in [0.3, 0.4) is 0 Å². The van der Waals surface area contributed by atoms with E-state index in [-0.39, 0.29) is 11.8 Å². The molecule has 1 aliphatic heterocycles. The normalized spacial score (nSPS) is 14.4. The third-order valence-electron chi connectivity index (χ3n) is 7.71. The predicted octanol–water partition coefficient (Wildman–Crippen LogP) is 4.24. The van der Waals surface area contributed by atoms with Gasteiger partial charge in [0.2, 0.25) is 0 Å². The Bertz CT molecular complexity index is 1910. The maximum absolute atomic E-state index is 13.2. The first-order chi connectivity index (χ1) is 20.5. The molecule has 1 aliphatic rings. The van der Waals surface area contributed by atoms with Crippen LogP contribution in [0.15, 0.2) is 79.9 Å². The summed E-state index contributed by atoms with van der Waals surface area (Å²) in [7, 11) is 2.13. The van der Waals surface area contributed by atoms with Crippen molar-refractivity contribution < 1.29 is 9.59 Å². The Morgan fingerprint density at radius 2 is 1.83 bits per heavy atom. The Morgan fingerprint density at radius 1 is 0.976 bits per heavy atom. The summed E-state index contributed by atoms with van der Waals surface area (Å²) in [6.07, 6.45) is 15.6. The monoisotopic (exact) mass is 560 g/mol. The minimum Gasteiger partial charge on any atom is -0.346 e. The molecule has 0 bridgehead atoms. The van der Waals surface area contributed by atoms with Gasteiger partial charge in [-0.05, 0) is 68.9 Å². The SMILES string of the molecule is CN1CCC(n2cc(NC(=O)c3cnc4[nH]cc(-c5ccn6ncc(C(=O)Nc7cccnc7)c6c5)c4c3)cn2)CC1. The first-order valence-corrected chi connectivity index (χ1v) is 13.7. The van der Waals surface area contributed by atoms with Gasteiger partial charge >= 0.3 is 0 Å². The highest BCUT2D eigenvalue weighted by Crippen LogP contribution is 2.30. The number of hydrogen-bond acceptors (Lipinski definition) is 7. The number of aromatic nitrogens is 7. The maximum Gasteiger partial charge on any atom is 0.259 e. The van der Waals surface area contributed by atoms with E-state index in [1.165, 1.54) is 0 Å². The smallest absolute Gasteiger partial charge is 0.259 e. The standard InChI is InChI=1S/C30H28N10O2/c1-38-8-5-23(6-9-38)40-18-22(15-34-40)37-29(41)20-11-24-25(16-33-28(24)32-13-20)19-4-10-39-27(12-19)26(17-35-39)30(42)36-21-3-2-7-31-14-21/h2-4,7,10-18,23H,5-6,8-9H2,1H3,(H,32,33)(H,36,42)(H,37,41). The molecule has 0 atom stereocenters. The van der Waals surface area contributed by atoms with Crippen molar-refractivity contribution in [3.8, 4) is 11.1 Å². The molecule has 0 saturated carbocycles. The van der Waals surface area contributed by atoms with E-state index in [4.69, 9.17) is 0 Å². The van der Waals surface area contributed by atoms with Crippen molar-refractivity contribution in [1.29, 1.82) is 0 Å². The van der Waals surface area contributed by atoms with Gasteiger partial charge < -0.3 is 20.5 Å². The molecule has 0 radical (unpaired) electrons.